The first-order chi connectivity index (χ1) is 15.5. The quantitative estimate of drug-likeness (QED) is 0.480. The molecule has 4 rings (SSSR count). The molecule has 1 aliphatic rings. The maximum Gasteiger partial charge on any atom is 0.319 e. The molecule has 2 aromatic heterocycles. The first-order valence-electron chi connectivity index (χ1n) is 9.90. The molecule has 0 spiro atoms. The van der Waals surface area contributed by atoms with Crippen LogP contribution in [0, 0.1) is 0 Å². The van der Waals surface area contributed by atoms with Gasteiger partial charge in [0.25, 0.3) is 5.56 Å². The number of carbonyl (C=O) groups is 2. The SMILES string of the molecule is O=C(O)C[C@H](NC(=O)Nc1cccn(CCc2cccs2)c1=O)c1ccc2c(c1)OCO2. The van der Waals surface area contributed by atoms with E-state index in [4.69, 9.17) is 9.47 Å². The molecule has 3 heterocycles. The zero-order valence-corrected chi connectivity index (χ0v) is 17.8. The van der Waals surface area contributed by atoms with Crippen LogP contribution in [0.25, 0.3) is 0 Å². The third-order valence-corrected chi connectivity index (χ3v) is 5.87. The van der Waals surface area contributed by atoms with Crippen LogP contribution >= 0.6 is 11.3 Å². The number of pyridine rings is 1. The molecule has 1 aromatic carbocycles. The van der Waals surface area contributed by atoms with E-state index in [2.05, 4.69) is 10.6 Å². The summed E-state index contributed by atoms with van der Waals surface area (Å²) in [7, 11) is 0. The molecule has 0 saturated carbocycles. The van der Waals surface area contributed by atoms with Gasteiger partial charge in [0.2, 0.25) is 6.79 Å². The summed E-state index contributed by atoms with van der Waals surface area (Å²) in [6.45, 7) is 0.568. The first kappa shape index (κ1) is 21.4. The number of amides is 2. The number of carboxylic acids is 1. The Kier molecular flexibility index (Phi) is 6.41. The lowest BCUT2D eigenvalue weighted by atomic mass is 10.0. The van der Waals surface area contributed by atoms with Gasteiger partial charge in [-0.25, -0.2) is 4.79 Å². The van der Waals surface area contributed by atoms with Gasteiger partial charge < -0.3 is 29.8 Å². The number of hydrogen-bond donors (Lipinski definition) is 3. The summed E-state index contributed by atoms with van der Waals surface area (Å²) in [5.41, 5.74) is 0.321. The molecule has 10 heteroatoms. The van der Waals surface area contributed by atoms with Gasteiger partial charge in [0, 0.05) is 17.6 Å². The number of hydrogen-bond acceptors (Lipinski definition) is 6. The van der Waals surface area contributed by atoms with Crippen molar-refractivity contribution in [1.82, 2.24) is 9.88 Å². The summed E-state index contributed by atoms with van der Waals surface area (Å²) in [5, 5.41) is 16.4. The number of carboxylic acid groups (broad SMARTS) is 1. The molecule has 9 nitrogen and oxygen atoms in total. The highest BCUT2D eigenvalue weighted by Crippen LogP contribution is 2.34. The van der Waals surface area contributed by atoms with E-state index >= 15 is 0 Å². The van der Waals surface area contributed by atoms with Crippen LogP contribution in [0.3, 0.4) is 0 Å². The molecule has 0 radical (unpaired) electrons. The number of thiophene rings is 1. The molecule has 1 aliphatic heterocycles. The molecule has 1 atom stereocenters. The minimum Gasteiger partial charge on any atom is -0.481 e. The van der Waals surface area contributed by atoms with Crippen molar-refractivity contribution in [2.24, 2.45) is 0 Å². The Hall–Kier alpha value is -3.79. The van der Waals surface area contributed by atoms with Crippen LogP contribution < -0.4 is 25.7 Å². The first-order valence-corrected chi connectivity index (χ1v) is 10.8. The number of aryl methyl sites for hydroxylation is 2. The number of nitrogens with one attached hydrogen (secondary N) is 2. The number of nitrogens with zero attached hydrogens (tertiary/aromatic N) is 1. The van der Waals surface area contributed by atoms with E-state index in [0.29, 0.717) is 30.0 Å². The zero-order valence-electron chi connectivity index (χ0n) is 16.9. The van der Waals surface area contributed by atoms with Crippen LogP contribution in [0.1, 0.15) is 22.9 Å². The van der Waals surface area contributed by atoms with Crippen LogP contribution in [0.5, 0.6) is 11.5 Å². The third kappa shape index (κ3) is 5.09. The molecule has 0 fully saturated rings. The summed E-state index contributed by atoms with van der Waals surface area (Å²) in [6.07, 6.45) is 2.03. The van der Waals surface area contributed by atoms with Crippen LogP contribution in [-0.4, -0.2) is 28.5 Å². The zero-order chi connectivity index (χ0) is 22.5. The third-order valence-electron chi connectivity index (χ3n) is 4.93. The van der Waals surface area contributed by atoms with Crippen molar-refractivity contribution in [2.45, 2.75) is 25.4 Å². The van der Waals surface area contributed by atoms with Crippen molar-refractivity contribution >= 4 is 29.0 Å². The second-order valence-corrected chi connectivity index (χ2v) is 8.14. The highest BCUT2D eigenvalue weighted by Gasteiger charge is 2.22. The fourth-order valence-electron chi connectivity index (χ4n) is 3.37. The highest BCUT2D eigenvalue weighted by atomic mass is 32.1. The van der Waals surface area contributed by atoms with Crippen molar-refractivity contribution in [3.63, 3.8) is 0 Å². The fourth-order valence-corrected chi connectivity index (χ4v) is 4.07. The minimum atomic E-state index is -1.08. The summed E-state index contributed by atoms with van der Waals surface area (Å²) in [6, 6.07) is 10.6. The maximum atomic E-state index is 12.7. The van der Waals surface area contributed by atoms with Gasteiger partial charge in [-0.15, -0.1) is 11.3 Å². The van der Waals surface area contributed by atoms with Crippen LogP contribution in [0.15, 0.2) is 58.8 Å². The van der Waals surface area contributed by atoms with Gasteiger partial charge >= 0.3 is 12.0 Å². The molecule has 2 amide bonds. The van der Waals surface area contributed by atoms with Crippen molar-refractivity contribution in [3.05, 3.63) is 74.8 Å². The van der Waals surface area contributed by atoms with Gasteiger partial charge in [-0.05, 0) is 47.7 Å². The number of anilines is 1. The van der Waals surface area contributed by atoms with Gasteiger partial charge in [0.05, 0.1) is 12.5 Å². The van der Waals surface area contributed by atoms with E-state index in [0.717, 1.165) is 4.88 Å². The lowest BCUT2D eigenvalue weighted by Crippen LogP contribution is -2.36. The molecule has 166 valence electrons. The molecule has 0 unspecified atom stereocenters. The number of aliphatic carboxylic acids is 1. The number of rotatable bonds is 8. The van der Waals surface area contributed by atoms with Gasteiger partial charge in [-0.2, -0.15) is 0 Å². The predicted octanol–water partition coefficient (Wildman–Crippen LogP) is 3.22. The Balaban J connectivity index is 1.45. The summed E-state index contributed by atoms with van der Waals surface area (Å²) in [4.78, 5) is 37.8. The van der Waals surface area contributed by atoms with Crippen molar-refractivity contribution < 1.29 is 24.2 Å². The second kappa shape index (κ2) is 9.56. The monoisotopic (exact) mass is 455 g/mol. The van der Waals surface area contributed by atoms with Crippen LogP contribution in [-0.2, 0) is 17.8 Å². The van der Waals surface area contributed by atoms with Gasteiger partial charge in [-0.1, -0.05) is 12.1 Å². The van der Waals surface area contributed by atoms with Crippen molar-refractivity contribution in [1.29, 1.82) is 0 Å². The molecule has 0 bridgehead atoms. The summed E-state index contributed by atoms with van der Waals surface area (Å²) >= 11 is 1.62. The fraction of sp³-hybridized carbons (Fsp3) is 0.227. The maximum absolute atomic E-state index is 12.7. The number of urea groups is 1. The standard InChI is InChI=1S/C22H21N3O6S/c26-20(27)12-17(14-5-6-18-19(11-14)31-13-30-18)24-22(29)23-16-4-1-8-25(21(16)28)9-7-15-3-2-10-32-15/h1-6,8,10-11,17H,7,9,12-13H2,(H,26,27)(H2,23,24,29)/t17-/m0/s1. The summed E-state index contributed by atoms with van der Waals surface area (Å²) < 4.78 is 12.1. The molecule has 3 N–H and O–H groups in total. The van der Waals surface area contributed by atoms with E-state index < -0.39 is 18.0 Å². The predicted molar refractivity (Wildman–Crippen MR) is 118 cm³/mol. The molecule has 0 saturated heterocycles. The number of ether oxygens (including phenoxy) is 2. The van der Waals surface area contributed by atoms with E-state index in [9.17, 15) is 19.5 Å². The Bertz CT molecular complexity index is 1170. The van der Waals surface area contributed by atoms with Gasteiger partial charge in [-0.3, -0.25) is 9.59 Å². The molecule has 32 heavy (non-hydrogen) atoms. The number of carbonyl (C=O) groups excluding carboxylic acids is 1. The van der Waals surface area contributed by atoms with Gasteiger partial charge in [0.15, 0.2) is 11.5 Å². The van der Waals surface area contributed by atoms with Crippen LogP contribution in [0.4, 0.5) is 10.5 Å². The topological polar surface area (TPSA) is 119 Å². The summed E-state index contributed by atoms with van der Waals surface area (Å²) in [5.74, 6) is -0.0416. The van der Waals surface area contributed by atoms with Gasteiger partial charge in [0.1, 0.15) is 5.69 Å². The smallest absolute Gasteiger partial charge is 0.319 e. The second-order valence-electron chi connectivity index (χ2n) is 7.11. The number of fused-ring (bicyclic) bond motifs is 1. The van der Waals surface area contributed by atoms with E-state index in [1.54, 1.807) is 41.8 Å². The molecule has 0 aliphatic carbocycles. The van der Waals surface area contributed by atoms with E-state index in [-0.39, 0.29) is 24.5 Å². The average molecular weight is 455 g/mol. The Morgan fingerprint density at radius 2 is 2.00 bits per heavy atom. The Labute approximate surface area is 187 Å². The van der Waals surface area contributed by atoms with Crippen LogP contribution in [0.2, 0.25) is 0 Å². The molecular formula is C22H21N3O6S. The largest absolute Gasteiger partial charge is 0.481 e. The lowest BCUT2D eigenvalue weighted by Gasteiger charge is -2.18. The van der Waals surface area contributed by atoms with Crippen molar-refractivity contribution in [2.75, 3.05) is 12.1 Å². The lowest BCUT2D eigenvalue weighted by molar-refractivity contribution is -0.137. The highest BCUT2D eigenvalue weighted by molar-refractivity contribution is 7.09. The van der Waals surface area contributed by atoms with E-state index in [1.165, 1.54) is 10.6 Å². The molecular weight excluding hydrogens is 434 g/mol. The van der Waals surface area contributed by atoms with Crippen molar-refractivity contribution in [3.8, 4) is 11.5 Å². The Morgan fingerprint density at radius 3 is 2.78 bits per heavy atom. The minimum absolute atomic E-state index is 0.0864. The average Bonchev–Trinajstić information content (AvgIpc) is 3.45. The normalized spacial score (nSPS) is 12.9. The van der Waals surface area contributed by atoms with E-state index in [1.807, 2.05) is 17.5 Å². The Morgan fingerprint density at radius 1 is 1.16 bits per heavy atom. The molecule has 3 aromatic rings. The number of aromatic nitrogens is 1. The number of benzene rings is 1.